The minimum atomic E-state index is 0.0337. The minimum absolute atomic E-state index is 0.0337. The summed E-state index contributed by atoms with van der Waals surface area (Å²) in [7, 11) is 1.81. The Morgan fingerprint density at radius 2 is 2.06 bits per heavy atom. The van der Waals surface area contributed by atoms with Crippen molar-refractivity contribution in [1.82, 2.24) is 10.2 Å². The monoisotopic (exact) mass is 244 g/mol. The average molecular weight is 244 g/mol. The van der Waals surface area contributed by atoms with Gasteiger partial charge in [0.2, 0.25) is 11.0 Å². The molecular formula is C10H21BN2O2S. The van der Waals surface area contributed by atoms with Gasteiger partial charge in [0.15, 0.2) is 0 Å². The summed E-state index contributed by atoms with van der Waals surface area (Å²) >= 11 is 1.17. The molecule has 0 heterocycles. The SMILES string of the molecule is BCC(=O)N(CCNC(C)C)CC(=O)SC. The Balaban J connectivity index is 4.11. The standard InChI is InChI=1S/C10H21BN2O2S/c1-8(2)12-4-5-13(9(14)6-11)7-10(15)16-3/h8,12H,4-7,11H2,1-3H3. The molecule has 16 heavy (non-hydrogen) atoms. The molecule has 6 heteroatoms. The summed E-state index contributed by atoms with van der Waals surface area (Å²) in [5.41, 5.74) is 0. The molecular weight excluding hydrogens is 223 g/mol. The molecule has 0 aromatic heterocycles. The fourth-order valence-corrected chi connectivity index (χ4v) is 1.51. The van der Waals surface area contributed by atoms with Crippen LogP contribution in [0, 0.1) is 0 Å². The second kappa shape index (κ2) is 8.64. The van der Waals surface area contributed by atoms with E-state index in [-0.39, 0.29) is 17.6 Å². The molecule has 0 unspecified atom stereocenters. The quantitative estimate of drug-likeness (QED) is 0.628. The van der Waals surface area contributed by atoms with Crippen molar-refractivity contribution in [2.24, 2.45) is 0 Å². The van der Waals surface area contributed by atoms with E-state index in [1.54, 1.807) is 11.2 Å². The highest BCUT2D eigenvalue weighted by Crippen LogP contribution is 2.00. The maximum atomic E-state index is 11.6. The Morgan fingerprint density at radius 1 is 1.44 bits per heavy atom. The van der Waals surface area contributed by atoms with Crippen LogP contribution in [0.3, 0.4) is 0 Å². The topological polar surface area (TPSA) is 49.4 Å². The molecule has 0 rings (SSSR count). The molecule has 4 nitrogen and oxygen atoms in total. The highest BCUT2D eigenvalue weighted by atomic mass is 32.2. The first-order chi connectivity index (χ1) is 7.51. The number of nitrogens with zero attached hydrogens (tertiary/aromatic N) is 1. The summed E-state index contributed by atoms with van der Waals surface area (Å²) in [5.74, 6) is 0.0351. The number of hydrogen-bond acceptors (Lipinski definition) is 4. The summed E-state index contributed by atoms with van der Waals surface area (Å²) in [6.07, 6.45) is 2.19. The fraction of sp³-hybridized carbons (Fsp3) is 0.800. The van der Waals surface area contributed by atoms with Crippen molar-refractivity contribution in [3.05, 3.63) is 0 Å². The molecule has 0 radical (unpaired) electrons. The van der Waals surface area contributed by atoms with Crippen LogP contribution in [0.2, 0.25) is 6.32 Å². The van der Waals surface area contributed by atoms with Gasteiger partial charge in [0.1, 0.15) is 7.85 Å². The van der Waals surface area contributed by atoms with Gasteiger partial charge in [0.25, 0.3) is 0 Å². The smallest absolute Gasteiger partial charge is 0.215 e. The van der Waals surface area contributed by atoms with Crippen molar-refractivity contribution in [2.45, 2.75) is 26.2 Å². The maximum Gasteiger partial charge on any atom is 0.215 e. The first-order valence-electron chi connectivity index (χ1n) is 5.59. The summed E-state index contributed by atoms with van der Waals surface area (Å²) in [4.78, 5) is 24.5. The second-order valence-electron chi connectivity index (χ2n) is 3.85. The van der Waals surface area contributed by atoms with E-state index in [4.69, 9.17) is 0 Å². The summed E-state index contributed by atoms with van der Waals surface area (Å²) < 4.78 is 0. The molecule has 1 N–H and O–H groups in total. The van der Waals surface area contributed by atoms with Crippen LogP contribution in [-0.2, 0) is 9.59 Å². The van der Waals surface area contributed by atoms with Gasteiger partial charge in [-0.25, -0.2) is 0 Å². The van der Waals surface area contributed by atoms with Gasteiger partial charge in [-0.15, -0.1) is 0 Å². The van der Waals surface area contributed by atoms with Crippen LogP contribution in [0.25, 0.3) is 0 Å². The van der Waals surface area contributed by atoms with E-state index in [1.165, 1.54) is 11.8 Å². The van der Waals surface area contributed by atoms with Crippen LogP contribution in [0.5, 0.6) is 0 Å². The zero-order valence-corrected chi connectivity index (χ0v) is 11.4. The Bertz CT molecular complexity index is 237. The van der Waals surface area contributed by atoms with Gasteiger partial charge in [-0.3, -0.25) is 9.59 Å². The van der Waals surface area contributed by atoms with Crippen LogP contribution < -0.4 is 5.32 Å². The molecule has 0 aliphatic carbocycles. The maximum absolute atomic E-state index is 11.6. The minimum Gasteiger partial charge on any atom is -0.334 e. The highest BCUT2D eigenvalue weighted by molar-refractivity contribution is 8.13. The second-order valence-corrected chi connectivity index (χ2v) is 4.72. The first kappa shape index (κ1) is 15.5. The van der Waals surface area contributed by atoms with Gasteiger partial charge in [-0.2, -0.15) is 0 Å². The van der Waals surface area contributed by atoms with E-state index in [9.17, 15) is 9.59 Å². The van der Waals surface area contributed by atoms with Crippen molar-refractivity contribution in [3.8, 4) is 0 Å². The molecule has 0 saturated carbocycles. The normalized spacial score (nSPS) is 10.5. The molecule has 0 bridgehead atoms. The summed E-state index contributed by atoms with van der Waals surface area (Å²) in [6, 6.07) is 0.398. The Morgan fingerprint density at radius 3 is 2.50 bits per heavy atom. The van der Waals surface area contributed by atoms with Gasteiger partial charge >= 0.3 is 0 Å². The van der Waals surface area contributed by atoms with Crippen LogP contribution in [0.1, 0.15) is 13.8 Å². The molecule has 1 amide bonds. The van der Waals surface area contributed by atoms with E-state index in [0.717, 1.165) is 6.54 Å². The van der Waals surface area contributed by atoms with E-state index in [2.05, 4.69) is 19.2 Å². The summed E-state index contributed by atoms with van der Waals surface area (Å²) in [6.45, 7) is 5.65. The molecule has 0 aromatic carbocycles. The Labute approximate surface area is 103 Å². The Kier molecular flexibility index (Phi) is 8.38. The third-order valence-corrected chi connectivity index (χ3v) is 2.72. The van der Waals surface area contributed by atoms with Crippen LogP contribution in [-0.4, -0.2) is 55.7 Å². The average Bonchev–Trinajstić information content (AvgIpc) is 2.25. The van der Waals surface area contributed by atoms with E-state index in [1.807, 2.05) is 7.85 Å². The lowest BCUT2D eigenvalue weighted by Crippen LogP contribution is -2.40. The first-order valence-corrected chi connectivity index (χ1v) is 6.81. The van der Waals surface area contributed by atoms with Crippen LogP contribution in [0.15, 0.2) is 0 Å². The number of amides is 1. The van der Waals surface area contributed by atoms with E-state index < -0.39 is 0 Å². The van der Waals surface area contributed by atoms with Gasteiger partial charge < -0.3 is 10.2 Å². The zero-order chi connectivity index (χ0) is 12.6. The van der Waals surface area contributed by atoms with Crippen molar-refractivity contribution >= 4 is 30.6 Å². The molecule has 0 atom stereocenters. The number of nitrogens with one attached hydrogen (secondary N) is 1. The summed E-state index contributed by atoms with van der Waals surface area (Å²) in [5, 5.41) is 3.27. The molecule has 0 aliphatic rings. The third-order valence-electron chi connectivity index (χ3n) is 2.14. The lowest BCUT2D eigenvalue weighted by molar-refractivity contribution is -0.131. The fourth-order valence-electron chi connectivity index (χ4n) is 1.22. The van der Waals surface area contributed by atoms with E-state index >= 15 is 0 Å². The number of rotatable bonds is 7. The predicted molar refractivity (Wildman–Crippen MR) is 71.6 cm³/mol. The largest absolute Gasteiger partial charge is 0.334 e. The molecule has 0 saturated heterocycles. The predicted octanol–water partition coefficient (Wildman–Crippen LogP) is -0.246. The third kappa shape index (κ3) is 6.90. The Hall–Kier alpha value is -0.485. The zero-order valence-electron chi connectivity index (χ0n) is 10.6. The van der Waals surface area contributed by atoms with Crippen molar-refractivity contribution in [2.75, 3.05) is 25.9 Å². The number of hydrogen-bond donors (Lipinski definition) is 1. The van der Waals surface area contributed by atoms with Gasteiger partial charge in [-0.1, -0.05) is 25.6 Å². The molecule has 0 spiro atoms. The molecule has 92 valence electrons. The lowest BCUT2D eigenvalue weighted by Gasteiger charge is -2.22. The molecule has 0 aliphatic heterocycles. The molecule has 0 fully saturated rings. The lowest BCUT2D eigenvalue weighted by atomic mass is 10.0. The highest BCUT2D eigenvalue weighted by Gasteiger charge is 2.14. The van der Waals surface area contributed by atoms with E-state index in [0.29, 0.717) is 18.9 Å². The van der Waals surface area contributed by atoms with Crippen molar-refractivity contribution < 1.29 is 9.59 Å². The number of thioether (sulfide) groups is 1. The van der Waals surface area contributed by atoms with Gasteiger partial charge in [0, 0.05) is 19.1 Å². The molecule has 0 aromatic rings. The van der Waals surface area contributed by atoms with Gasteiger partial charge in [0.05, 0.1) is 6.54 Å². The van der Waals surface area contributed by atoms with Crippen molar-refractivity contribution in [3.63, 3.8) is 0 Å². The van der Waals surface area contributed by atoms with Gasteiger partial charge in [-0.05, 0) is 12.6 Å². The number of carbonyl (C=O) groups is 2. The van der Waals surface area contributed by atoms with Crippen LogP contribution in [0.4, 0.5) is 0 Å². The van der Waals surface area contributed by atoms with Crippen molar-refractivity contribution in [1.29, 1.82) is 0 Å². The number of carbonyl (C=O) groups excluding carboxylic acids is 2. The van der Waals surface area contributed by atoms with Crippen LogP contribution >= 0.6 is 11.8 Å².